The summed E-state index contributed by atoms with van der Waals surface area (Å²) in [5.41, 5.74) is -1.91. The van der Waals surface area contributed by atoms with E-state index < -0.39 is 43.1 Å². The van der Waals surface area contributed by atoms with Crippen molar-refractivity contribution in [1.29, 1.82) is 0 Å². The molecule has 118 valence electrons. The zero-order valence-corrected chi connectivity index (χ0v) is 12.3. The van der Waals surface area contributed by atoms with Crippen LogP contribution in [0.2, 0.25) is 0 Å². The second kappa shape index (κ2) is 5.33. The first-order valence-corrected chi connectivity index (χ1v) is 7.56. The minimum absolute atomic E-state index is 0.0782. The first-order chi connectivity index (χ1) is 10.1. The molecule has 1 aromatic heterocycles. The molecule has 0 atom stereocenters. The molecule has 22 heavy (non-hydrogen) atoms. The van der Waals surface area contributed by atoms with Crippen molar-refractivity contribution in [3.05, 3.63) is 38.4 Å². The van der Waals surface area contributed by atoms with Gasteiger partial charge in [-0.3, -0.25) is 19.6 Å². The summed E-state index contributed by atoms with van der Waals surface area (Å²) in [6.45, 7) is 2.81. The van der Waals surface area contributed by atoms with Gasteiger partial charge in [-0.15, -0.1) is 0 Å². The topological polar surface area (TPSA) is 135 Å². The van der Waals surface area contributed by atoms with Gasteiger partial charge in [-0.1, -0.05) is 0 Å². The number of hydrogen-bond donors (Lipinski definition) is 2. The van der Waals surface area contributed by atoms with Crippen LogP contribution in [-0.2, 0) is 10.0 Å². The number of H-pyrrole nitrogens is 1. The molecule has 2 rings (SSSR count). The average molecular weight is 330 g/mol. The summed E-state index contributed by atoms with van der Waals surface area (Å²) in [6.07, 6.45) is 0. The maximum atomic E-state index is 13.6. The van der Waals surface area contributed by atoms with Crippen LogP contribution in [0.25, 0.3) is 11.0 Å². The molecule has 0 aliphatic heterocycles. The summed E-state index contributed by atoms with van der Waals surface area (Å²) < 4.78 is 39.0. The third kappa shape index (κ3) is 2.88. The van der Waals surface area contributed by atoms with Crippen molar-refractivity contribution in [2.45, 2.75) is 19.1 Å². The molecule has 11 heteroatoms. The Kier molecular flexibility index (Phi) is 3.83. The summed E-state index contributed by atoms with van der Waals surface area (Å²) >= 11 is 0. The normalized spacial score (nSPS) is 11.8. The lowest BCUT2D eigenvalue weighted by molar-refractivity contribution is -0.387. The molecule has 0 unspecified atom stereocenters. The van der Waals surface area contributed by atoms with E-state index in [0.717, 1.165) is 12.1 Å². The number of aromatic amines is 1. The maximum absolute atomic E-state index is 13.6. The molecule has 1 heterocycles. The molecular formula is C11H11FN4O5S. The zero-order chi connectivity index (χ0) is 16.7. The van der Waals surface area contributed by atoms with Crippen molar-refractivity contribution in [1.82, 2.24) is 9.97 Å². The lowest BCUT2D eigenvalue weighted by atomic mass is 10.2. The Bertz CT molecular complexity index is 922. The van der Waals surface area contributed by atoms with Crippen LogP contribution in [0, 0.1) is 15.9 Å². The molecule has 0 saturated heterocycles. The molecule has 9 nitrogen and oxygen atoms in total. The van der Waals surface area contributed by atoms with Crippen molar-refractivity contribution in [3.8, 4) is 0 Å². The van der Waals surface area contributed by atoms with Gasteiger partial charge in [0.05, 0.1) is 21.2 Å². The number of anilines is 1. The number of sulfonamides is 1. The monoisotopic (exact) mass is 330 g/mol. The van der Waals surface area contributed by atoms with Gasteiger partial charge in [-0.2, -0.15) is 4.39 Å². The Hall–Kier alpha value is -2.56. The van der Waals surface area contributed by atoms with E-state index in [0.29, 0.717) is 0 Å². The number of nitro groups is 1. The SMILES string of the molecule is CC(C)S(=O)(=O)Nc1nc2cc(F)c([N+](=O)[O-])cc2[nH]c1=O. The van der Waals surface area contributed by atoms with Crippen LogP contribution in [0.1, 0.15) is 13.8 Å². The van der Waals surface area contributed by atoms with Gasteiger partial charge in [-0.05, 0) is 13.8 Å². The van der Waals surface area contributed by atoms with E-state index in [9.17, 15) is 27.7 Å². The lowest BCUT2D eigenvalue weighted by Crippen LogP contribution is -2.27. The van der Waals surface area contributed by atoms with Crippen LogP contribution in [0.15, 0.2) is 16.9 Å². The third-order valence-corrected chi connectivity index (χ3v) is 4.54. The van der Waals surface area contributed by atoms with Crippen molar-refractivity contribution < 1.29 is 17.7 Å². The predicted molar refractivity (Wildman–Crippen MR) is 76.7 cm³/mol. The molecule has 0 radical (unpaired) electrons. The number of benzene rings is 1. The Balaban J connectivity index is 2.62. The highest BCUT2D eigenvalue weighted by atomic mass is 32.2. The van der Waals surface area contributed by atoms with Gasteiger partial charge in [0.25, 0.3) is 5.56 Å². The maximum Gasteiger partial charge on any atom is 0.307 e. The zero-order valence-electron chi connectivity index (χ0n) is 11.5. The van der Waals surface area contributed by atoms with Crippen molar-refractivity contribution in [2.24, 2.45) is 0 Å². The van der Waals surface area contributed by atoms with E-state index in [1.165, 1.54) is 13.8 Å². The highest BCUT2D eigenvalue weighted by Gasteiger charge is 2.20. The van der Waals surface area contributed by atoms with Crippen LogP contribution in [-0.4, -0.2) is 28.6 Å². The molecule has 0 spiro atoms. The number of rotatable bonds is 4. The summed E-state index contributed by atoms with van der Waals surface area (Å²) in [7, 11) is -3.81. The number of nitro benzene ring substituents is 1. The second-order valence-electron chi connectivity index (χ2n) is 4.69. The van der Waals surface area contributed by atoms with Crippen LogP contribution in [0.3, 0.4) is 0 Å². The van der Waals surface area contributed by atoms with E-state index in [-0.39, 0.29) is 11.0 Å². The van der Waals surface area contributed by atoms with Gasteiger partial charge in [0, 0.05) is 12.1 Å². The molecule has 0 aliphatic carbocycles. The Morgan fingerprint density at radius 3 is 2.59 bits per heavy atom. The Morgan fingerprint density at radius 2 is 2.05 bits per heavy atom. The van der Waals surface area contributed by atoms with E-state index in [1.54, 1.807) is 0 Å². The molecule has 0 amide bonds. The first-order valence-electron chi connectivity index (χ1n) is 6.01. The number of nitrogens with one attached hydrogen (secondary N) is 2. The summed E-state index contributed by atoms with van der Waals surface area (Å²) in [5.74, 6) is -1.68. The number of aromatic nitrogens is 2. The molecule has 0 saturated carbocycles. The Morgan fingerprint density at radius 1 is 1.41 bits per heavy atom. The number of nitrogens with zero attached hydrogens (tertiary/aromatic N) is 2. The van der Waals surface area contributed by atoms with E-state index in [1.807, 2.05) is 4.72 Å². The fraction of sp³-hybridized carbons (Fsp3) is 0.273. The Labute approximate surface area is 123 Å². The van der Waals surface area contributed by atoms with Crippen LogP contribution in [0.4, 0.5) is 15.9 Å². The van der Waals surface area contributed by atoms with E-state index in [2.05, 4.69) is 9.97 Å². The highest BCUT2D eigenvalue weighted by Crippen LogP contribution is 2.22. The van der Waals surface area contributed by atoms with Gasteiger partial charge in [0.2, 0.25) is 21.7 Å². The minimum Gasteiger partial charge on any atom is -0.317 e. The summed E-state index contributed by atoms with van der Waals surface area (Å²) in [5, 5.41) is 9.83. The number of halogens is 1. The summed E-state index contributed by atoms with van der Waals surface area (Å²) in [4.78, 5) is 27.4. The predicted octanol–water partition coefficient (Wildman–Crippen LogP) is 1.12. The quantitative estimate of drug-likeness (QED) is 0.637. The van der Waals surface area contributed by atoms with E-state index >= 15 is 0 Å². The van der Waals surface area contributed by atoms with Gasteiger partial charge < -0.3 is 4.98 Å². The third-order valence-electron chi connectivity index (χ3n) is 2.82. The second-order valence-corrected chi connectivity index (χ2v) is 6.93. The van der Waals surface area contributed by atoms with Gasteiger partial charge >= 0.3 is 5.69 Å². The fourth-order valence-electron chi connectivity index (χ4n) is 1.56. The first kappa shape index (κ1) is 15.8. The molecule has 2 N–H and O–H groups in total. The molecule has 1 aromatic carbocycles. The minimum atomic E-state index is -3.81. The molecule has 2 aromatic rings. The van der Waals surface area contributed by atoms with Crippen molar-refractivity contribution in [3.63, 3.8) is 0 Å². The highest BCUT2D eigenvalue weighted by molar-refractivity contribution is 7.93. The van der Waals surface area contributed by atoms with Gasteiger partial charge in [0.1, 0.15) is 0 Å². The van der Waals surface area contributed by atoms with Crippen LogP contribution >= 0.6 is 0 Å². The largest absolute Gasteiger partial charge is 0.317 e. The number of fused-ring (bicyclic) bond motifs is 1. The molecule has 0 aliphatic rings. The van der Waals surface area contributed by atoms with Gasteiger partial charge in [-0.25, -0.2) is 13.4 Å². The van der Waals surface area contributed by atoms with Crippen LogP contribution < -0.4 is 10.3 Å². The van der Waals surface area contributed by atoms with Crippen molar-refractivity contribution >= 4 is 32.6 Å². The molecular weight excluding hydrogens is 319 g/mol. The molecule has 0 bridgehead atoms. The summed E-state index contributed by atoms with van der Waals surface area (Å²) in [6, 6.07) is 1.57. The fourth-order valence-corrected chi connectivity index (χ4v) is 2.20. The van der Waals surface area contributed by atoms with Gasteiger partial charge in [0.15, 0.2) is 0 Å². The standard InChI is InChI=1S/C11H11FN4O5S/c1-5(2)22(20,21)15-10-11(17)14-8-4-9(16(18)19)6(12)3-7(8)13-10/h3-5H,1-2H3,(H,13,15)(H,14,17). The van der Waals surface area contributed by atoms with E-state index in [4.69, 9.17) is 0 Å². The van der Waals surface area contributed by atoms with Crippen molar-refractivity contribution in [2.75, 3.05) is 4.72 Å². The van der Waals surface area contributed by atoms with Crippen LogP contribution in [0.5, 0.6) is 0 Å². The smallest absolute Gasteiger partial charge is 0.307 e. The number of hydrogen-bond acceptors (Lipinski definition) is 6. The molecule has 0 fully saturated rings. The lowest BCUT2D eigenvalue weighted by Gasteiger charge is -2.09. The average Bonchev–Trinajstić information content (AvgIpc) is 2.38.